The molecule has 0 saturated carbocycles. The third-order valence-electron chi connectivity index (χ3n) is 3.62. The quantitative estimate of drug-likeness (QED) is 0.416. The van der Waals surface area contributed by atoms with Crippen LogP contribution >= 0.6 is 0 Å². The molecular weight excluding hydrogens is 256 g/mol. The highest BCUT2D eigenvalue weighted by molar-refractivity contribution is 5.96. The van der Waals surface area contributed by atoms with Crippen molar-refractivity contribution in [3.8, 4) is 0 Å². The van der Waals surface area contributed by atoms with E-state index in [-0.39, 0.29) is 17.5 Å². The van der Waals surface area contributed by atoms with Gasteiger partial charge in [-0.05, 0) is 31.6 Å². The van der Waals surface area contributed by atoms with Crippen molar-refractivity contribution >= 4 is 11.5 Å². The number of nitro groups is 1. The van der Waals surface area contributed by atoms with Gasteiger partial charge in [0.25, 0.3) is 5.69 Å². The average Bonchev–Trinajstić information content (AvgIpc) is 2.47. The zero-order valence-corrected chi connectivity index (χ0v) is 12.3. The van der Waals surface area contributed by atoms with E-state index in [1.54, 1.807) is 0 Å². The number of hydrogen-bond acceptors (Lipinski definition) is 4. The molecule has 0 spiro atoms. The molecule has 5 heteroatoms. The molecule has 1 aromatic carbocycles. The fourth-order valence-electron chi connectivity index (χ4n) is 2.37. The van der Waals surface area contributed by atoms with Crippen LogP contribution in [-0.4, -0.2) is 34.7 Å². The summed E-state index contributed by atoms with van der Waals surface area (Å²) in [4.78, 5) is 24.6. The molecule has 0 aliphatic heterocycles. The number of non-ortho nitro benzene ring substituents is 1. The minimum absolute atomic E-state index is 0.0114. The van der Waals surface area contributed by atoms with Gasteiger partial charge in [0.15, 0.2) is 5.78 Å². The van der Waals surface area contributed by atoms with Crippen molar-refractivity contribution in [2.45, 2.75) is 39.7 Å². The minimum Gasteiger partial charge on any atom is -0.300 e. The maximum Gasteiger partial charge on any atom is 0.269 e. The van der Waals surface area contributed by atoms with E-state index in [2.05, 4.69) is 25.7 Å². The van der Waals surface area contributed by atoms with Crippen LogP contribution in [-0.2, 0) is 0 Å². The Balaban J connectivity index is 2.76. The number of carbonyl (C=O) groups is 1. The Bertz CT molecular complexity index is 453. The number of Topliss-reactive ketones (excluding diaryl/α,β-unsaturated/α-hetero) is 1. The van der Waals surface area contributed by atoms with Crippen LogP contribution in [0.2, 0.25) is 0 Å². The van der Waals surface area contributed by atoms with Gasteiger partial charge in [0.2, 0.25) is 0 Å². The van der Waals surface area contributed by atoms with Gasteiger partial charge in [0.05, 0.1) is 4.92 Å². The Labute approximate surface area is 119 Å². The average molecular weight is 278 g/mol. The van der Waals surface area contributed by atoms with Gasteiger partial charge in [-0.25, -0.2) is 0 Å². The summed E-state index contributed by atoms with van der Waals surface area (Å²) in [7, 11) is 0. The van der Waals surface area contributed by atoms with Crippen LogP contribution in [0.5, 0.6) is 0 Å². The first kappa shape index (κ1) is 16.3. The molecule has 0 N–H and O–H groups in total. The zero-order valence-electron chi connectivity index (χ0n) is 12.3. The third kappa shape index (κ3) is 4.13. The first-order valence-corrected chi connectivity index (χ1v) is 7.05. The van der Waals surface area contributed by atoms with Crippen molar-refractivity contribution in [1.29, 1.82) is 0 Å². The molecule has 0 aromatic heterocycles. The summed E-state index contributed by atoms with van der Waals surface area (Å²) in [5.74, 6) is 0.0404. The van der Waals surface area contributed by atoms with Gasteiger partial charge in [0.1, 0.15) is 0 Å². The Morgan fingerprint density at radius 1 is 1.20 bits per heavy atom. The van der Waals surface area contributed by atoms with Crippen molar-refractivity contribution in [2.75, 3.05) is 13.1 Å². The number of nitrogens with zero attached hydrogens (tertiary/aromatic N) is 2. The second-order valence-electron chi connectivity index (χ2n) is 4.71. The van der Waals surface area contributed by atoms with E-state index < -0.39 is 4.92 Å². The molecule has 20 heavy (non-hydrogen) atoms. The van der Waals surface area contributed by atoms with Crippen molar-refractivity contribution in [2.24, 2.45) is 0 Å². The molecule has 0 amide bonds. The Hall–Kier alpha value is -1.75. The van der Waals surface area contributed by atoms with E-state index in [0.29, 0.717) is 12.0 Å². The summed E-state index contributed by atoms with van der Waals surface area (Å²) < 4.78 is 0. The van der Waals surface area contributed by atoms with Gasteiger partial charge < -0.3 is 4.90 Å². The summed E-state index contributed by atoms with van der Waals surface area (Å²) in [5, 5.41) is 10.6. The van der Waals surface area contributed by atoms with Gasteiger partial charge in [-0.1, -0.05) is 20.8 Å². The molecule has 110 valence electrons. The van der Waals surface area contributed by atoms with E-state index in [4.69, 9.17) is 0 Å². The fraction of sp³-hybridized carbons (Fsp3) is 0.533. The van der Waals surface area contributed by atoms with Crippen molar-refractivity contribution in [3.63, 3.8) is 0 Å². The molecule has 0 heterocycles. The minimum atomic E-state index is -0.459. The summed E-state index contributed by atoms with van der Waals surface area (Å²) >= 11 is 0. The topological polar surface area (TPSA) is 63.4 Å². The predicted molar refractivity (Wildman–Crippen MR) is 79.0 cm³/mol. The van der Waals surface area contributed by atoms with E-state index in [1.807, 2.05) is 0 Å². The highest BCUT2D eigenvalue weighted by Gasteiger charge is 2.19. The normalized spacial score (nSPS) is 12.4. The van der Waals surface area contributed by atoms with Crippen LogP contribution in [0.4, 0.5) is 5.69 Å². The Morgan fingerprint density at radius 3 is 2.15 bits per heavy atom. The van der Waals surface area contributed by atoms with Gasteiger partial charge in [-0.15, -0.1) is 0 Å². The Kier molecular flexibility index (Phi) is 6.31. The second kappa shape index (κ2) is 7.75. The van der Waals surface area contributed by atoms with Crippen LogP contribution in [0.3, 0.4) is 0 Å². The smallest absolute Gasteiger partial charge is 0.269 e. The lowest BCUT2D eigenvalue weighted by Gasteiger charge is -2.28. The second-order valence-corrected chi connectivity index (χ2v) is 4.71. The van der Waals surface area contributed by atoms with Gasteiger partial charge >= 0.3 is 0 Å². The molecular formula is C15H22N2O3. The molecule has 0 aliphatic rings. The maximum absolute atomic E-state index is 12.2. The molecule has 0 saturated heterocycles. The third-order valence-corrected chi connectivity index (χ3v) is 3.62. The van der Waals surface area contributed by atoms with Crippen LogP contribution in [0.25, 0.3) is 0 Å². The lowest BCUT2D eigenvalue weighted by molar-refractivity contribution is -0.384. The predicted octanol–water partition coefficient (Wildman–Crippen LogP) is 3.29. The van der Waals surface area contributed by atoms with E-state index in [1.165, 1.54) is 24.3 Å². The number of hydrogen-bond donors (Lipinski definition) is 0. The summed E-state index contributed by atoms with van der Waals surface area (Å²) in [5.41, 5.74) is 0.554. The van der Waals surface area contributed by atoms with Crippen molar-refractivity contribution in [3.05, 3.63) is 39.9 Å². The monoisotopic (exact) mass is 278 g/mol. The maximum atomic E-state index is 12.2. The van der Waals surface area contributed by atoms with Gasteiger partial charge in [-0.2, -0.15) is 0 Å². The number of rotatable bonds is 8. The summed E-state index contributed by atoms with van der Waals surface area (Å²) in [6.45, 7) is 8.09. The van der Waals surface area contributed by atoms with Crippen LogP contribution in [0.15, 0.2) is 24.3 Å². The standard InChI is InChI=1S/C15H22N2O3/c1-4-13(16(5-2)6-3)11-15(18)12-7-9-14(10-8-12)17(19)20/h7-10,13H,4-6,11H2,1-3H3. The lowest BCUT2D eigenvalue weighted by Crippen LogP contribution is -2.36. The molecule has 0 fully saturated rings. The van der Waals surface area contributed by atoms with E-state index >= 15 is 0 Å². The number of ketones is 1. The highest BCUT2D eigenvalue weighted by atomic mass is 16.6. The number of benzene rings is 1. The van der Waals surface area contributed by atoms with Gasteiger partial charge in [0, 0.05) is 30.2 Å². The summed E-state index contributed by atoms with van der Waals surface area (Å²) in [6.07, 6.45) is 1.37. The van der Waals surface area contributed by atoms with E-state index in [9.17, 15) is 14.9 Å². The molecule has 1 unspecified atom stereocenters. The molecule has 1 aromatic rings. The first-order valence-electron chi connectivity index (χ1n) is 7.05. The van der Waals surface area contributed by atoms with Crippen LogP contribution in [0, 0.1) is 10.1 Å². The first-order chi connectivity index (χ1) is 9.53. The number of nitro benzene ring substituents is 1. The largest absolute Gasteiger partial charge is 0.300 e. The molecule has 1 atom stereocenters. The molecule has 5 nitrogen and oxygen atoms in total. The van der Waals surface area contributed by atoms with Crippen molar-refractivity contribution in [1.82, 2.24) is 4.90 Å². The van der Waals surface area contributed by atoms with E-state index in [0.717, 1.165) is 19.5 Å². The molecule has 1 rings (SSSR count). The van der Waals surface area contributed by atoms with Crippen LogP contribution < -0.4 is 0 Å². The van der Waals surface area contributed by atoms with Crippen LogP contribution in [0.1, 0.15) is 44.0 Å². The molecule has 0 aliphatic carbocycles. The lowest BCUT2D eigenvalue weighted by atomic mass is 10.0. The SMILES string of the molecule is CCC(CC(=O)c1ccc([N+](=O)[O-])cc1)N(CC)CC. The summed E-state index contributed by atoms with van der Waals surface area (Å²) in [6, 6.07) is 6.06. The van der Waals surface area contributed by atoms with Crippen molar-refractivity contribution < 1.29 is 9.72 Å². The zero-order chi connectivity index (χ0) is 15.1. The van der Waals surface area contributed by atoms with Gasteiger partial charge in [-0.3, -0.25) is 14.9 Å². The number of carbonyl (C=O) groups excluding carboxylic acids is 1. The Morgan fingerprint density at radius 2 is 1.75 bits per heavy atom. The molecule has 0 bridgehead atoms. The fourth-order valence-corrected chi connectivity index (χ4v) is 2.37. The highest BCUT2D eigenvalue weighted by Crippen LogP contribution is 2.16. The molecule has 0 radical (unpaired) electrons.